The van der Waals surface area contributed by atoms with Crippen LogP contribution in [0.5, 0.6) is 0 Å². The molecule has 120 valence electrons. The van der Waals surface area contributed by atoms with Gasteiger partial charge < -0.3 is 0 Å². The summed E-state index contributed by atoms with van der Waals surface area (Å²) in [7, 11) is 0. The third-order valence-corrected chi connectivity index (χ3v) is 3.69. The number of rotatable bonds is 4. The first kappa shape index (κ1) is 15.7. The number of benzene rings is 2. The van der Waals surface area contributed by atoms with Gasteiger partial charge in [0, 0.05) is 5.56 Å². The van der Waals surface area contributed by atoms with Crippen LogP contribution in [0.1, 0.15) is 28.5 Å². The molecule has 3 aromatic rings. The lowest BCUT2D eigenvalue weighted by Gasteiger charge is -2.02. The molecule has 0 spiro atoms. The van der Waals surface area contributed by atoms with Crippen molar-refractivity contribution in [1.82, 2.24) is 15.6 Å². The fourth-order valence-corrected chi connectivity index (χ4v) is 2.25. The number of hydrazone groups is 1. The average Bonchev–Trinajstić information content (AvgIpc) is 3.11. The summed E-state index contributed by atoms with van der Waals surface area (Å²) < 4.78 is 0. The molecule has 5 heteroatoms. The molecule has 2 N–H and O–H groups in total. The van der Waals surface area contributed by atoms with E-state index in [0.29, 0.717) is 5.69 Å². The molecule has 5 nitrogen and oxygen atoms in total. The predicted molar refractivity (Wildman–Crippen MR) is 94.9 cm³/mol. The van der Waals surface area contributed by atoms with E-state index in [4.69, 9.17) is 0 Å². The van der Waals surface area contributed by atoms with Gasteiger partial charge >= 0.3 is 0 Å². The molecule has 0 fully saturated rings. The SMILES string of the molecule is CC(=NNC(=O)c1cc(-c2ccccc2)n[nH]1)c1ccc(C)cc1. The molecular formula is C19H18N4O. The number of aromatic nitrogens is 2. The van der Waals surface area contributed by atoms with Crippen LogP contribution in [-0.2, 0) is 0 Å². The van der Waals surface area contributed by atoms with Gasteiger partial charge in [0.05, 0.1) is 11.4 Å². The fourth-order valence-electron chi connectivity index (χ4n) is 2.25. The molecule has 0 bridgehead atoms. The minimum absolute atomic E-state index is 0.323. The molecule has 0 aliphatic heterocycles. The maximum absolute atomic E-state index is 12.2. The van der Waals surface area contributed by atoms with Gasteiger partial charge in [-0.2, -0.15) is 10.2 Å². The van der Waals surface area contributed by atoms with Gasteiger partial charge in [-0.3, -0.25) is 9.89 Å². The first-order valence-electron chi connectivity index (χ1n) is 7.66. The van der Waals surface area contributed by atoms with E-state index in [9.17, 15) is 4.79 Å². The molecule has 0 atom stereocenters. The lowest BCUT2D eigenvalue weighted by atomic mass is 10.1. The Morgan fingerprint density at radius 1 is 1.08 bits per heavy atom. The summed E-state index contributed by atoms with van der Waals surface area (Å²) >= 11 is 0. The quantitative estimate of drug-likeness (QED) is 0.570. The largest absolute Gasteiger partial charge is 0.289 e. The van der Waals surface area contributed by atoms with Crippen LogP contribution in [0.3, 0.4) is 0 Å². The van der Waals surface area contributed by atoms with Crippen molar-refractivity contribution in [3.63, 3.8) is 0 Å². The Bertz CT molecular complexity index is 864. The van der Waals surface area contributed by atoms with Crippen molar-refractivity contribution in [1.29, 1.82) is 0 Å². The smallest absolute Gasteiger partial charge is 0.272 e. The van der Waals surface area contributed by atoms with Crippen LogP contribution >= 0.6 is 0 Å². The Balaban J connectivity index is 1.70. The lowest BCUT2D eigenvalue weighted by Crippen LogP contribution is -2.19. The number of carbonyl (C=O) groups excluding carboxylic acids is 1. The van der Waals surface area contributed by atoms with Crippen molar-refractivity contribution >= 4 is 11.6 Å². The average molecular weight is 318 g/mol. The number of nitrogens with zero attached hydrogens (tertiary/aromatic N) is 2. The van der Waals surface area contributed by atoms with Gasteiger partial charge in [-0.1, -0.05) is 60.2 Å². The molecule has 3 rings (SSSR count). The van der Waals surface area contributed by atoms with Crippen LogP contribution in [0.25, 0.3) is 11.3 Å². The topological polar surface area (TPSA) is 70.1 Å². The van der Waals surface area contributed by atoms with Crippen molar-refractivity contribution < 1.29 is 4.79 Å². The maximum Gasteiger partial charge on any atom is 0.289 e. The highest BCUT2D eigenvalue weighted by Gasteiger charge is 2.10. The standard InChI is InChI=1S/C19H18N4O/c1-13-8-10-15(11-9-13)14(2)20-23-19(24)18-12-17(21-22-18)16-6-4-3-5-7-16/h3-12H,1-2H3,(H,21,22)(H,23,24). The minimum atomic E-state index is -0.323. The summed E-state index contributed by atoms with van der Waals surface area (Å²) in [5, 5.41) is 11.1. The van der Waals surface area contributed by atoms with Crippen LogP contribution in [0.2, 0.25) is 0 Å². The highest BCUT2D eigenvalue weighted by Crippen LogP contribution is 2.16. The maximum atomic E-state index is 12.2. The zero-order valence-electron chi connectivity index (χ0n) is 13.6. The molecule has 0 aliphatic rings. The second kappa shape index (κ2) is 6.91. The van der Waals surface area contributed by atoms with E-state index < -0.39 is 0 Å². The number of H-pyrrole nitrogens is 1. The number of aromatic amines is 1. The summed E-state index contributed by atoms with van der Waals surface area (Å²) in [6.07, 6.45) is 0. The van der Waals surface area contributed by atoms with Crippen LogP contribution in [0.4, 0.5) is 0 Å². The third kappa shape index (κ3) is 3.57. The number of amides is 1. The van der Waals surface area contributed by atoms with Gasteiger partial charge in [-0.25, -0.2) is 5.43 Å². The summed E-state index contributed by atoms with van der Waals surface area (Å²) in [5.74, 6) is -0.323. The van der Waals surface area contributed by atoms with Crippen molar-refractivity contribution in [2.45, 2.75) is 13.8 Å². The molecular weight excluding hydrogens is 300 g/mol. The Kier molecular flexibility index (Phi) is 4.52. The molecule has 0 radical (unpaired) electrons. The summed E-state index contributed by atoms with van der Waals surface area (Å²) in [4.78, 5) is 12.2. The van der Waals surface area contributed by atoms with Crippen molar-refractivity contribution in [3.05, 3.63) is 77.5 Å². The highest BCUT2D eigenvalue weighted by molar-refractivity contribution is 6.00. The molecule has 2 aromatic carbocycles. The molecule has 0 saturated carbocycles. The van der Waals surface area contributed by atoms with Crippen molar-refractivity contribution in [2.75, 3.05) is 0 Å². The number of nitrogens with one attached hydrogen (secondary N) is 2. The second-order valence-electron chi connectivity index (χ2n) is 5.54. The molecule has 1 aromatic heterocycles. The highest BCUT2D eigenvalue weighted by atomic mass is 16.2. The van der Waals surface area contributed by atoms with Gasteiger partial charge in [-0.05, 0) is 25.5 Å². The third-order valence-electron chi connectivity index (χ3n) is 3.69. The zero-order chi connectivity index (χ0) is 16.9. The van der Waals surface area contributed by atoms with Crippen LogP contribution in [0, 0.1) is 6.92 Å². The summed E-state index contributed by atoms with van der Waals surface area (Å²) in [5.41, 5.74) is 7.49. The predicted octanol–water partition coefficient (Wildman–Crippen LogP) is 3.54. The normalized spacial score (nSPS) is 11.3. The number of hydrogen-bond acceptors (Lipinski definition) is 3. The van der Waals surface area contributed by atoms with E-state index in [0.717, 1.165) is 22.5 Å². The molecule has 0 saturated heterocycles. The van der Waals surface area contributed by atoms with E-state index in [1.165, 1.54) is 5.56 Å². The molecule has 24 heavy (non-hydrogen) atoms. The number of aryl methyl sites for hydroxylation is 1. The van der Waals surface area contributed by atoms with E-state index in [1.54, 1.807) is 6.07 Å². The molecule has 0 aliphatic carbocycles. The molecule has 1 heterocycles. The van der Waals surface area contributed by atoms with Crippen LogP contribution in [0.15, 0.2) is 65.8 Å². The lowest BCUT2D eigenvalue weighted by molar-refractivity contribution is 0.0950. The Hall–Kier alpha value is -3.21. The molecule has 1 amide bonds. The van der Waals surface area contributed by atoms with Gasteiger partial charge in [-0.15, -0.1) is 0 Å². The van der Waals surface area contributed by atoms with Gasteiger partial charge in [0.1, 0.15) is 5.69 Å². The zero-order valence-corrected chi connectivity index (χ0v) is 13.6. The van der Waals surface area contributed by atoms with Crippen LogP contribution < -0.4 is 5.43 Å². The summed E-state index contributed by atoms with van der Waals surface area (Å²) in [6, 6.07) is 19.4. The Morgan fingerprint density at radius 2 is 1.79 bits per heavy atom. The first-order valence-corrected chi connectivity index (χ1v) is 7.66. The summed E-state index contributed by atoms with van der Waals surface area (Å²) in [6.45, 7) is 3.88. The van der Waals surface area contributed by atoms with E-state index in [2.05, 4.69) is 20.7 Å². The van der Waals surface area contributed by atoms with E-state index in [1.807, 2.05) is 68.4 Å². The minimum Gasteiger partial charge on any atom is -0.272 e. The second-order valence-corrected chi connectivity index (χ2v) is 5.54. The molecule has 0 unspecified atom stereocenters. The van der Waals surface area contributed by atoms with Gasteiger partial charge in [0.25, 0.3) is 5.91 Å². The fraction of sp³-hybridized carbons (Fsp3) is 0.105. The van der Waals surface area contributed by atoms with E-state index >= 15 is 0 Å². The van der Waals surface area contributed by atoms with Gasteiger partial charge in [0.15, 0.2) is 0 Å². The van der Waals surface area contributed by atoms with Crippen LogP contribution in [-0.4, -0.2) is 21.8 Å². The number of carbonyl (C=O) groups is 1. The Morgan fingerprint density at radius 3 is 2.50 bits per heavy atom. The number of hydrogen-bond donors (Lipinski definition) is 2. The first-order chi connectivity index (χ1) is 11.6. The van der Waals surface area contributed by atoms with E-state index in [-0.39, 0.29) is 5.91 Å². The van der Waals surface area contributed by atoms with Crippen molar-refractivity contribution in [3.8, 4) is 11.3 Å². The Labute approximate surface area is 140 Å². The van der Waals surface area contributed by atoms with Crippen molar-refractivity contribution in [2.24, 2.45) is 5.10 Å². The van der Waals surface area contributed by atoms with Gasteiger partial charge in [0.2, 0.25) is 0 Å². The monoisotopic (exact) mass is 318 g/mol.